The third-order valence-electron chi connectivity index (χ3n) is 6.14. The van der Waals surface area contributed by atoms with Crippen molar-refractivity contribution in [3.05, 3.63) is 57.2 Å². The van der Waals surface area contributed by atoms with E-state index in [9.17, 15) is 14.4 Å². The third kappa shape index (κ3) is 5.41. The average Bonchev–Trinajstić information content (AvgIpc) is 3.19. The topological polar surface area (TPSA) is 82.5 Å². The Labute approximate surface area is 214 Å². The molecule has 35 heavy (non-hydrogen) atoms. The predicted octanol–water partition coefficient (Wildman–Crippen LogP) is 3.95. The minimum atomic E-state index is -0.518. The molecule has 1 aromatic carbocycles. The summed E-state index contributed by atoms with van der Waals surface area (Å²) in [6, 6.07) is 6.85. The van der Waals surface area contributed by atoms with Gasteiger partial charge in [-0.3, -0.25) is 9.59 Å². The molecule has 0 bridgehead atoms. The Morgan fingerprint density at radius 2 is 1.86 bits per heavy atom. The van der Waals surface area contributed by atoms with Crippen LogP contribution in [0.5, 0.6) is 0 Å². The van der Waals surface area contributed by atoms with Crippen LogP contribution in [0.4, 0.5) is 0 Å². The summed E-state index contributed by atoms with van der Waals surface area (Å²) in [5, 5.41) is 3.18. The number of carbonyl (C=O) groups excluding carboxylic acids is 3. The number of nitrogens with zero attached hydrogens (tertiary/aromatic N) is 4. The number of ether oxygens (including phenoxy) is 1. The lowest BCUT2D eigenvalue weighted by Crippen LogP contribution is -2.50. The quantitative estimate of drug-likeness (QED) is 0.551. The Kier molecular flexibility index (Phi) is 7.56. The van der Waals surface area contributed by atoms with Crippen LogP contribution in [0.3, 0.4) is 0 Å². The Morgan fingerprint density at radius 3 is 2.49 bits per heavy atom. The lowest BCUT2D eigenvalue weighted by atomic mass is 9.94. The summed E-state index contributed by atoms with van der Waals surface area (Å²) in [6.45, 7) is 9.03. The second-order valence-corrected chi connectivity index (χ2v) is 10.2. The minimum absolute atomic E-state index is 0.0218. The van der Waals surface area contributed by atoms with Gasteiger partial charge in [-0.05, 0) is 43.9 Å². The first-order chi connectivity index (χ1) is 16.7. The first kappa shape index (κ1) is 25.3. The van der Waals surface area contributed by atoms with Crippen LogP contribution in [0, 0.1) is 0 Å². The lowest BCUT2D eigenvalue weighted by Gasteiger charge is -2.38. The summed E-state index contributed by atoms with van der Waals surface area (Å²) in [7, 11) is 0. The molecule has 0 spiro atoms. The maximum atomic E-state index is 13.2. The number of hydrogen-bond acceptors (Lipinski definition) is 7. The van der Waals surface area contributed by atoms with Crippen molar-refractivity contribution in [3.63, 3.8) is 0 Å². The molecule has 0 radical (unpaired) electrons. The first-order valence-corrected chi connectivity index (χ1v) is 12.9. The van der Waals surface area contributed by atoms with Crippen LogP contribution in [-0.2, 0) is 19.1 Å². The van der Waals surface area contributed by atoms with Gasteiger partial charge in [0.2, 0.25) is 11.8 Å². The Balaban J connectivity index is 1.62. The van der Waals surface area contributed by atoms with Gasteiger partial charge in [0.15, 0.2) is 5.17 Å². The van der Waals surface area contributed by atoms with Gasteiger partial charge in [-0.1, -0.05) is 35.5 Å². The minimum Gasteiger partial charge on any atom is -0.459 e. The Morgan fingerprint density at radius 1 is 1.17 bits per heavy atom. The third-order valence-corrected chi connectivity index (χ3v) is 7.26. The average molecular weight is 517 g/mol. The number of amidine groups is 1. The molecular weight excluding hydrogens is 488 g/mol. The highest BCUT2D eigenvalue weighted by atomic mass is 35.5. The van der Waals surface area contributed by atoms with Gasteiger partial charge in [-0.2, -0.15) is 0 Å². The molecular formula is C25H29ClN4O4S. The number of halogens is 1. The van der Waals surface area contributed by atoms with E-state index in [4.69, 9.17) is 16.3 Å². The van der Waals surface area contributed by atoms with Crippen LogP contribution >= 0.6 is 23.4 Å². The van der Waals surface area contributed by atoms with Crippen LogP contribution in [0.25, 0.3) is 0 Å². The van der Waals surface area contributed by atoms with E-state index < -0.39 is 12.0 Å². The first-order valence-electron chi connectivity index (χ1n) is 11.6. The zero-order valence-electron chi connectivity index (χ0n) is 20.3. The normalized spacial score (nSPS) is 20.1. The summed E-state index contributed by atoms with van der Waals surface area (Å²) < 4.78 is 5.57. The summed E-state index contributed by atoms with van der Waals surface area (Å²) >= 11 is 7.75. The number of benzene rings is 1. The standard InChI is InChI=1S/C25H29ClN4O4S/c1-15(2)34-24(33)22-16(3)27-25-30(23(22)18-6-5-7-19(26)12-18)20(14-35-25)13-21(32)29-10-8-28(9-11-29)17(4)31/h5-7,12,14-15,23H,8-11,13H2,1-4H3. The highest BCUT2D eigenvalue weighted by molar-refractivity contribution is 8.16. The molecule has 3 aliphatic heterocycles. The molecule has 1 unspecified atom stereocenters. The van der Waals surface area contributed by atoms with Crippen molar-refractivity contribution < 1.29 is 19.1 Å². The number of fused-ring (bicyclic) bond motifs is 1. The van der Waals surface area contributed by atoms with E-state index in [-0.39, 0.29) is 24.3 Å². The van der Waals surface area contributed by atoms with Gasteiger partial charge in [0.05, 0.1) is 29.8 Å². The number of aliphatic imine (C=N–C) groups is 1. The van der Waals surface area contributed by atoms with E-state index in [1.807, 2.05) is 28.5 Å². The second kappa shape index (κ2) is 10.5. The number of rotatable bonds is 5. The van der Waals surface area contributed by atoms with Crippen molar-refractivity contribution in [3.8, 4) is 0 Å². The molecule has 4 rings (SSSR count). The number of allylic oxidation sites excluding steroid dienone is 1. The molecule has 0 saturated carbocycles. The molecule has 1 saturated heterocycles. The van der Waals surface area contributed by atoms with Crippen LogP contribution < -0.4 is 0 Å². The van der Waals surface area contributed by atoms with Crippen LogP contribution in [0.2, 0.25) is 5.02 Å². The fourth-order valence-corrected chi connectivity index (χ4v) is 5.60. The maximum Gasteiger partial charge on any atom is 0.338 e. The SMILES string of the molecule is CC(=O)N1CCN(C(=O)CC2=CSC3=NC(C)=C(C(=O)OC(C)C)C(c4cccc(Cl)c4)N23)CC1. The molecule has 3 heterocycles. The van der Waals surface area contributed by atoms with Gasteiger partial charge in [-0.15, -0.1) is 0 Å². The van der Waals surface area contributed by atoms with E-state index in [0.29, 0.717) is 47.6 Å². The fourth-order valence-electron chi connectivity index (χ4n) is 4.44. The molecule has 1 atom stereocenters. The Bertz CT molecular complexity index is 1140. The summed E-state index contributed by atoms with van der Waals surface area (Å²) in [4.78, 5) is 48.2. The monoisotopic (exact) mass is 516 g/mol. The number of esters is 1. The second-order valence-electron chi connectivity index (χ2n) is 8.97. The number of piperazine rings is 1. The number of hydrogen-bond donors (Lipinski definition) is 0. The molecule has 8 nitrogen and oxygen atoms in total. The largest absolute Gasteiger partial charge is 0.459 e. The molecule has 1 fully saturated rings. The van der Waals surface area contributed by atoms with Gasteiger partial charge in [-0.25, -0.2) is 9.79 Å². The zero-order chi connectivity index (χ0) is 25.3. The van der Waals surface area contributed by atoms with Crippen LogP contribution in [-0.4, -0.2) is 69.9 Å². The van der Waals surface area contributed by atoms with Crippen molar-refractivity contribution in [1.29, 1.82) is 0 Å². The maximum absolute atomic E-state index is 13.2. The lowest BCUT2D eigenvalue weighted by molar-refractivity contribution is -0.143. The van der Waals surface area contributed by atoms with Gasteiger partial charge in [0, 0.05) is 43.8 Å². The molecule has 186 valence electrons. The summed E-state index contributed by atoms with van der Waals surface area (Å²) in [5.41, 5.74) is 2.59. The van der Waals surface area contributed by atoms with Crippen molar-refractivity contribution in [1.82, 2.24) is 14.7 Å². The van der Waals surface area contributed by atoms with E-state index in [1.165, 1.54) is 11.8 Å². The van der Waals surface area contributed by atoms with Crippen LogP contribution in [0.1, 0.15) is 45.7 Å². The molecule has 3 aliphatic rings. The van der Waals surface area contributed by atoms with Crippen molar-refractivity contribution in [2.75, 3.05) is 26.2 Å². The van der Waals surface area contributed by atoms with Crippen molar-refractivity contribution >= 4 is 46.3 Å². The fraction of sp³-hybridized carbons (Fsp3) is 0.440. The van der Waals surface area contributed by atoms with Crippen LogP contribution in [0.15, 0.2) is 51.6 Å². The predicted molar refractivity (Wildman–Crippen MR) is 137 cm³/mol. The number of amides is 2. The summed E-state index contributed by atoms with van der Waals surface area (Å²) in [6.07, 6.45) is -0.124. The van der Waals surface area contributed by atoms with E-state index in [0.717, 1.165) is 11.3 Å². The molecule has 2 amide bonds. The van der Waals surface area contributed by atoms with E-state index in [1.54, 1.807) is 43.6 Å². The summed E-state index contributed by atoms with van der Waals surface area (Å²) in [5.74, 6) is -0.439. The Hall–Kier alpha value is -2.78. The van der Waals surface area contributed by atoms with Gasteiger partial charge in [0.1, 0.15) is 0 Å². The van der Waals surface area contributed by atoms with Gasteiger partial charge < -0.3 is 19.4 Å². The van der Waals surface area contributed by atoms with Crippen molar-refractivity contribution in [2.45, 2.75) is 46.3 Å². The molecule has 0 aromatic heterocycles. The highest BCUT2D eigenvalue weighted by Crippen LogP contribution is 2.45. The number of carbonyl (C=O) groups is 3. The van der Waals surface area contributed by atoms with E-state index in [2.05, 4.69) is 4.99 Å². The molecule has 1 aromatic rings. The van der Waals surface area contributed by atoms with Gasteiger partial charge in [0.25, 0.3) is 0 Å². The zero-order valence-corrected chi connectivity index (χ0v) is 21.9. The molecule has 0 N–H and O–H groups in total. The van der Waals surface area contributed by atoms with E-state index >= 15 is 0 Å². The number of thioether (sulfide) groups is 1. The van der Waals surface area contributed by atoms with Gasteiger partial charge >= 0.3 is 5.97 Å². The smallest absolute Gasteiger partial charge is 0.338 e. The van der Waals surface area contributed by atoms with Crippen molar-refractivity contribution in [2.24, 2.45) is 4.99 Å². The highest BCUT2D eigenvalue weighted by Gasteiger charge is 2.41. The molecule has 10 heteroatoms. The molecule has 0 aliphatic carbocycles.